The normalized spacial score (nSPS) is 15.1. The summed E-state index contributed by atoms with van der Waals surface area (Å²) in [7, 11) is 0. The lowest BCUT2D eigenvalue weighted by molar-refractivity contribution is -0.115. The fourth-order valence-corrected chi connectivity index (χ4v) is 3.55. The molecule has 1 N–H and O–H groups in total. The van der Waals surface area contributed by atoms with Gasteiger partial charge in [-0.05, 0) is 34.9 Å². The molecule has 30 heavy (non-hydrogen) atoms. The highest BCUT2D eigenvalue weighted by Crippen LogP contribution is 2.19. The van der Waals surface area contributed by atoms with Crippen LogP contribution in [0.15, 0.2) is 77.4 Å². The second-order valence-electron chi connectivity index (χ2n) is 7.33. The summed E-state index contributed by atoms with van der Waals surface area (Å²) in [6.07, 6.45) is 3.38. The third kappa shape index (κ3) is 5.47. The zero-order valence-corrected chi connectivity index (χ0v) is 16.9. The zero-order chi connectivity index (χ0) is 20.6. The van der Waals surface area contributed by atoms with E-state index in [1.165, 1.54) is 5.56 Å². The van der Waals surface area contributed by atoms with Crippen LogP contribution in [0.1, 0.15) is 22.5 Å². The second kappa shape index (κ2) is 10.1. The second-order valence-corrected chi connectivity index (χ2v) is 7.33. The van der Waals surface area contributed by atoms with Gasteiger partial charge in [0.25, 0.3) is 5.91 Å². The maximum atomic E-state index is 13.0. The number of furan rings is 1. The van der Waals surface area contributed by atoms with Gasteiger partial charge in [-0.1, -0.05) is 54.6 Å². The van der Waals surface area contributed by atoms with Gasteiger partial charge in [-0.15, -0.1) is 0 Å². The molecule has 5 heteroatoms. The molecule has 0 bridgehead atoms. The Morgan fingerprint density at radius 2 is 1.77 bits per heavy atom. The number of morpholine rings is 1. The summed E-state index contributed by atoms with van der Waals surface area (Å²) in [6, 6.07) is 21.7. The van der Waals surface area contributed by atoms with Crippen molar-refractivity contribution >= 4 is 17.6 Å². The Morgan fingerprint density at radius 1 is 0.967 bits per heavy atom. The third-order valence-corrected chi connectivity index (χ3v) is 5.11. The Kier molecular flexibility index (Phi) is 6.75. The van der Waals surface area contributed by atoms with E-state index in [9.17, 15) is 4.79 Å². The number of carbonyl (C=O) groups excluding carboxylic acids is 1. The van der Waals surface area contributed by atoms with Gasteiger partial charge in [0.1, 0.15) is 5.76 Å². The Morgan fingerprint density at radius 3 is 2.53 bits per heavy atom. The van der Waals surface area contributed by atoms with Crippen LogP contribution in [0.4, 0.5) is 0 Å². The van der Waals surface area contributed by atoms with Crippen LogP contribution >= 0.6 is 0 Å². The van der Waals surface area contributed by atoms with Crippen molar-refractivity contribution in [1.29, 1.82) is 0 Å². The fraction of sp³-hybridized carbons (Fsp3) is 0.240. The SMILES string of the molecule is O=C(NCc1cccc(CN2CCOCC2)c1)/C(=C/c1ccco1)c1ccccc1. The molecule has 0 spiro atoms. The molecule has 1 aromatic heterocycles. The van der Waals surface area contributed by atoms with Gasteiger partial charge in [0, 0.05) is 26.2 Å². The van der Waals surface area contributed by atoms with Gasteiger partial charge in [0.15, 0.2) is 0 Å². The number of nitrogens with one attached hydrogen (secondary N) is 1. The molecule has 1 fully saturated rings. The van der Waals surface area contributed by atoms with Gasteiger partial charge in [0.2, 0.25) is 0 Å². The number of ether oxygens (including phenoxy) is 1. The van der Waals surface area contributed by atoms with Crippen molar-refractivity contribution in [2.45, 2.75) is 13.1 Å². The van der Waals surface area contributed by atoms with Gasteiger partial charge >= 0.3 is 0 Å². The highest BCUT2D eigenvalue weighted by Gasteiger charge is 2.14. The van der Waals surface area contributed by atoms with Crippen LogP contribution in [-0.4, -0.2) is 37.1 Å². The molecule has 1 amide bonds. The van der Waals surface area contributed by atoms with E-state index in [-0.39, 0.29) is 5.91 Å². The van der Waals surface area contributed by atoms with Crippen molar-refractivity contribution in [2.24, 2.45) is 0 Å². The molecule has 1 saturated heterocycles. The lowest BCUT2D eigenvalue weighted by Gasteiger charge is -2.26. The average Bonchev–Trinajstić information content (AvgIpc) is 3.31. The first-order valence-electron chi connectivity index (χ1n) is 10.2. The molecule has 0 aliphatic carbocycles. The molecule has 4 rings (SSSR count). The smallest absolute Gasteiger partial charge is 0.252 e. The van der Waals surface area contributed by atoms with E-state index in [0.29, 0.717) is 17.9 Å². The molecule has 3 aromatic rings. The van der Waals surface area contributed by atoms with E-state index in [1.54, 1.807) is 12.3 Å². The van der Waals surface area contributed by atoms with Crippen molar-refractivity contribution < 1.29 is 13.9 Å². The minimum atomic E-state index is -0.129. The summed E-state index contributed by atoms with van der Waals surface area (Å²) in [4.78, 5) is 15.4. The maximum absolute atomic E-state index is 13.0. The largest absolute Gasteiger partial charge is 0.465 e. The topological polar surface area (TPSA) is 54.7 Å². The Hall–Kier alpha value is -3.15. The van der Waals surface area contributed by atoms with Crippen LogP contribution in [0.3, 0.4) is 0 Å². The summed E-state index contributed by atoms with van der Waals surface area (Å²) >= 11 is 0. The van der Waals surface area contributed by atoms with E-state index in [1.807, 2.05) is 54.6 Å². The van der Waals surface area contributed by atoms with Crippen LogP contribution in [0.5, 0.6) is 0 Å². The van der Waals surface area contributed by atoms with Crippen LogP contribution in [0.2, 0.25) is 0 Å². The molecule has 0 saturated carbocycles. The number of hydrogen-bond acceptors (Lipinski definition) is 4. The van der Waals surface area contributed by atoms with Gasteiger partial charge in [0.05, 0.1) is 25.1 Å². The molecule has 154 valence electrons. The standard InChI is InChI=1S/C25H26N2O3/c28-25(24(17-23-10-5-13-30-23)22-8-2-1-3-9-22)26-18-20-6-4-7-21(16-20)19-27-11-14-29-15-12-27/h1-10,13,16-17H,11-12,14-15,18-19H2,(H,26,28)/b24-17+. The fourth-order valence-electron chi connectivity index (χ4n) is 3.55. The molecule has 0 radical (unpaired) electrons. The minimum Gasteiger partial charge on any atom is -0.465 e. The monoisotopic (exact) mass is 402 g/mol. The summed E-state index contributed by atoms with van der Waals surface area (Å²) < 4.78 is 10.8. The molecular formula is C25H26N2O3. The van der Waals surface area contributed by atoms with Crippen LogP contribution in [-0.2, 0) is 22.6 Å². The molecule has 1 aliphatic heterocycles. The van der Waals surface area contributed by atoms with Crippen molar-refractivity contribution in [1.82, 2.24) is 10.2 Å². The molecule has 2 heterocycles. The Bertz CT molecular complexity index is 975. The first kappa shape index (κ1) is 20.1. The van der Waals surface area contributed by atoms with Crippen molar-refractivity contribution in [2.75, 3.05) is 26.3 Å². The number of hydrogen-bond donors (Lipinski definition) is 1. The predicted molar refractivity (Wildman–Crippen MR) is 117 cm³/mol. The highest BCUT2D eigenvalue weighted by molar-refractivity contribution is 6.23. The van der Waals surface area contributed by atoms with Gasteiger partial charge < -0.3 is 14.5 Å². The summed E-state index contributed by atoms with van der Waals surface area (Å²) in [5, 5.41) is 3.06. The summed E-state index contributed by atoms with van der Waals surface area (Å²) in [5.41, 5.74) is 3.76. The van der Waals surface area contributed by atoms with E-state index < -0.39 is 0 Å². The van der Waals surface area contributed by atoms with E-state index >= 15 is 0 Å². The number of nitrogens with zero attached hydrogens (tertiary/aromatic N) is 1. The first-order valence-corrected chi connectivity index (χ1v) is 10.2. The van der Waals surface area contributed by atoms with Gasteiger partial charge in [-0.25, -0.2) is 0 Å². The lowest BCUT2D eigenvalue weighted by atomic mass is 10.0. The Balaban J connectivity index is 1.44. The van der Waals surface area contributed by atoms with Crippen LogP contribution in [0.25, 0.3) is 11.6 Å². The van der Waals surface area contributed by atoms with Crippen LogP contribution in [0, 0.1) is 0 Å². The quantitative estimate of drug-likeness (QED) is 0.608. The van der Waals surface area contributed by atoms with Crippen molar-refractivity contribution in [3.8, 4) is 0 Å². The molecule has 1 aliphatic rings. The van der Waals surface area contributed by atoms with Crippen LogP contribution < -0.4 is 5.32 Å². The minimum absolute atomic E-state index is 0.129. The number of rotatable bonds is 7. The molecule has 2 aromatic carbocycles. The highest BCUT2D eigenvalue weighted by atomic mass is 16.5. The van der Waals surface area contributed by atoms with E-state index in [2.05, 4.69) is 22.3 Å². The molecular weight excluding hydrogens is 376 g/mol. The van der Waals surface area contributed by atoms with Gasteiger partial charge in [-0.2, -0.15) is 0 Å². The summed E-state index contributed by atoms with van der Waals surface area (Å²) in [6.45, 7) is 4.87. The van der Waals surface area contributed by atoms with E-state index in [0.717, 1.165) is 44.0 Å². The maximum Gasteiger partial charge on any atom is 0.252 e. The number of amides is 1. The number of benzene rings is 2. The van der Waals surface area contributed by atoms with Crippen molar-refractivity contribution in [3.05, 3.63) is 95.4 Å². The average molecular weight is 402 g/mol. The first-order chi connectivity index (χ1) is 14.8. The summed E-state index contributed by atoms with van der Waals surface area (Å²) in [5.74, 6) is 0.521. The third-order valence-electron chi connectivity index (χ3n) is 5.11. The molecule has 5 nitrogen and oxygen atoms in total. The molecule has 0 unspecified atom stereocenters. The number of carbonyl (C=O) groups is 1. The van der Waals surface area contributed by atoms with E-state index in [4.69, 9.17) is 9.15 Å². The molecule has 0 atom stereocenters. The predicted octanol–water partition coefficient (Wildman–Crippen LogP) is 3.97. The zero-order valence-electron chi connectivity index (χ0n) is 16.9. The van der Waals surface area contributed by atoms with Gasteiger partial charge in [-0.3, -0.25) is 9.69 Å². The van der Waals surface area contributed by atoms with Crippen molar-refractivity contribution in [3.63, 3.8) is 0 Å². The Labute approximate surface area is 177 Å². The lowest BCUT2D eigenvalue weighted by Crippen LogP contribution is -2.35.